The second kappa shape index (κ2) is 12.0. The summed E-state index contributed by atoms with van der Waals surface area (Å²) in [7, 11) is 0. The molecule has 2 aromatic carbocycles. The largest absolute Gasteiger partial charge is 0.494 e. The van der Waals surface area contributed by atoms with Crippen molar-refractivity contribution < 1.29 is 14.3 Å². The highest BCUT2D eigenvalue weighted by atomic mass is 16.5. The molecular formula is C30H37N3O3. The average molecular weight is 488 g/mol. The molecule has 1 atom stereocenters. The Bertz CT molecular complexity index is 1130. The number of carbonyl (C=O) groups is 1. The molecule has 0 aliphatic carbocycles. The summed E-state index contributed by atoms with van der Waals surface area (Å²) in [5.41, 5.74) is 3.66. The molecular weight excluding hydrogens is 450 g/mol. The zero-order chi connectivity index (χ0) is 25.5. The Morgan fingerprint density at radius 2 is 1.83 bits per heavy atom. The number of likely N-dealkylation sites (N-methyl/N-ethyl adjacent to an activating group) is 1. The van der Waals surface area contributed by atoms with E-state index in [4.69, 9.17) is 14.5 Å². The van der Waals surface area contributed by atoms with E-state index >= 15 is 0 Å². The zero-order valence-electron chi connectivity index (χ0n) is 21.8. The van der Waals surface area contributed by atoms with Crippen LogP contribution >= 0.6 is 0 Å². The molecule has 0 saturated carbocycles. The van der Waals surface area contributed by atoms with Gasteiger partial charge in [-0.25, -0.2) is 9.78 Å². The van der Waals surface area contributed by atoms with Crippen molar-refractivity contribution in [1.29, 1.82) is 0 Å². The molecule has 1 aliphatic heterocycles. The smallest absolute Gasteiger partial charge is 0.342 e. The molecule has 0 unspecified atom stereocenters. The summed E-state index contributed by atoms with van der Waals surface area (Å²) in [4.78, 5) is 22.8. The van der Waals surface area contributed by atoms with Crippen LogP contribution in [0.5, 0.6) is 5.75 Å². The van der Waals surface area contributed by atoms with Gasteiger partial charge in [0.15, 0.2) is 0 Å². The molecule has 6 heteroatoms. The van der Waals surface area contributed by atoms with Crippen molar-refractivity contribution in [1.82, 2.24) is 9.88 Å². The van der Waals surface area contributed by atoms with Crippen LogP contribution in [0.4, 0.5) is 5.82 Å². The molecule has 1 fully saturated rings. The number of hydrogen-bond donors (Lipinski definition) is 0. The molecule has 6 nitrogen and oxygen atoms in total. The first-order chi connectivity index (χ1) is 17.5. The Balaban J connectivity index is 1.57. The maximum Gasteiger partial charge on any atom is 0.342 e. The van der Waals surface area contributed by atoms with E-state index in [1.165, 1.54) is 5.56 Å². The highest BCUT2D eigenvalue weighted by Crippen LogP contribution is 2.33. The first kappa shape index (κ1) is 25.7. The lowest BCUT2D eigenvalue weighted by atomic mass is 10.0. The summed E-state index contributed by atoms with van der Waals surface area (Å²) in [5, 5.41) is 0. The molecule has 1 aromatic heterocycles. The molecule has 0 N–H and O–H groups in total. The van der Waals surface area contributed by atoms with Crippen LogP contribution in [-0.4, -0.2) is 54.2 Å². The predicted molar refractivity (Wildman–Crippen MR) is 145 cm³/mol. The maximum absolute atomic E-state index is 13.3. The molecule has 36 heavy (non-hydrogen) atoms. The van der Waals surface area contributed by atoms with E-state index in [1.54, 1.807) is 6.20 Å². The number of benzene rings is 2. The summed E-state index contributed by atoms with van der Waals surface area (Å²) in [6.45, 7) is 12.1. The summed E-state index contributed by atoms with van der Waals surface area (Å²) in [5.74, 6) is 1.29. The van der Waals surface area contributed by atoms with Crippen molar-refractivity contribution in [2.75, 3.05) is 31.1 Å². The molecule has 0 radical (unpaired) electrons. The summed E-state index contributed by atoms with van der Waals surface area (Å²) in [6.07, 6.45) is 2.61. The third kappa shape index (κ3) is 6.05. The predicted octanol–water partition coefficient (Wildman–Crippen LogP) is 5.81. The second-order valence-corrected chi connectivity index (χ2v) is 9.41. The Kier molecular flexibility index (Phi) is 8.60. The average Bonchev–Trinajstić information content (AvgIpc) is 3.38. The zero-order valence-corrected chi connectivity index (χ0v) is 21.8. The number of pyridine rings is 1. The van der Waals surface area contributed by atoms with Crippen molar-refractivity contribution in [3.63, 3.8) is 0 Å². The van der Waals surface area contributed by atoms with Gasteiger partial charge >= 0.3 is 5.97 Å². The van der Waals surface area contributed by atoms with E-state index in [2.05, 4.69) is 28.9 Å². The fraction of sp³-hybridized carbons (Fsp3) is 0.400. The van der Waals surface area contributed by atoms with Crippen LogP contribution in [0.25, 0.3) is 11.1 Å². The SMILES string of the molecule is CCOc1ccc(CN(CC)[C@@H]2CCN(c3nccc(-c4ccccc4)c3C(=O)OC(C)C)C2)cc1. The van der Waals surface area contributed by atoms with Gasteiger partial charge in [-0.1, -0.05) is 49.4 Å². The molecule has 1 saturated heterocycles. The number of anilines is 1. The molecule has 190 valence electrons. The van der Waals surface area contributed by atoms with Gasteiger partial charge in [-0.15, -0.1) is 0 Å². The number of hydrogen-bond acceptors (Lipinski definition) is 6. The molecule has 3 aromatic rings. The highest BCUT2D eigenvalue weighted by Gasteiger charge is 2.32. The van der Waals surface area contributed by atoms with Gasteiger partial charge in [-0.2, -0.15) is 0 Å². The van der Waals surface area contributed by atoms with Crippen LogP contribution in [0.3, 0.4) is 0 Å². The third-order valence-corrected chi connectivity index (χ3v) is 6.57. The van der Waals surface area contributed by atoms with Crippen LogP contribution in [-0.2, 0) is 11.3 Å². The maximum atomic E-state index is 13.3. The van der Waals surface area contributed by atoms with Gasteiger partial charge in [0.25, 0.3) is 0 Å². The molecule has 0 bridgehead atoms. The van der Waals surface area contributed by atoms with Crippen molar-refractivity contribution in [3.8, 4) is 16.9 Å². The van der Waals surface area contributed by atoms with E-state index in [1.807, 2.05) is 69.3 Å². The molecule has 1 aliphatic rings. The van der Waals surface area contributed by atoms with Crippen LogP contribution < -0.4 is 9.64 Å². The van der Waals surface area contributed by atoms with Gasteiger partial charge in [0.1, 0.15) is 17.1 Å². The lowest BCUT2D eigenvalue weighted by molar-refractivity contribution is 0.0379. The monoisotopic (exact) mass is 487 g/mol. The van der Waals surface area contributed by atoms with Gasteiger partial charge < -0.3 is 14.4 Å². The fourth-order valence-electron chi connectivity index (χ4n) is 4.85. The van der Waals surface area contributed by atoms with Crippen LogP contribution in [0.15, 0.2) is 66.9 Å². The molecule has 2 heterocycles. The molecule has 0 spiro atoms. The van der Waals surface area contributed by atoms with Crippen molar-refractivity contribution in [2.24, 2.45) is 0 Å². The van der Waals surface area contributed by atoms with Crippen LogP contribution in [0, 0.1) is 0 Å². The number of aromatic nitrogens is 1. The lowest BCUT2D eigenvalue weighted by Crippen LogP contribution is -2.37. The molecule has 0 amide bonds. The van der Waals surface area contributed by atoms with Gasteiger partial charge in [-0.05, 0) is 63.1 Å². The first-order valence-electron chi connectivity index (χ1n) is 13.0. The Morgan fingerprint density at radius 3 is 2.50 bits per heavy atom. The number of rotatable bonds is 10. The van der Waals surface area contributed by atoms with Crippen molar-refractivity contribution in [2.45, 2.75) is 52.8 Å². The second-order valence-electron chi connectivity index (χ2n) is 9.41. The van der Waals surface area contributed by atoms with E-state index in [-0.39, 0.29) is 12.1 Å². The van der Waals surface area contributed by atoms with E-state index in [9.17, 15) is 4.79 Å². The summed E-state index contributed by atoms with van der Waals surface area (Å²) in [6, 6.07) is 20.6. The van der Waals surface area contributed by atoms with Gasteiger partial charge in [-0.3, -0.25) is 4.90 Å². The lowest BCUT2D eigenvalue weighted by Gasteiger charge is -2.28. The van der Waals surface area contributed by atoms with E-state index in [0.717, 1.165) is 49.5 Å². The summed E-state index contributed by atoms with van der Waals surface area (Å²) < 4.78 is 11.3. The van der Waals surface area contributed by atoms with Gasteiger partial charge in [0.05, 0.1) is 12.7 Å². The normalized spacial score (nSPS) is 15.5. The topological polar surface area (TPSA) is 54.9 Å². The number of esters is 1. The minimum Gasteiger partial charge on any atom is -0.494 e. The number of ether oxygens (including phenoxy) is 2. The van der Waals surface area contributed by atoms with Crippen LogP contribution in [0.1, 0.15) is 50.0 Å². The first-order valence-corrected chi connectivity index (χ1v) is 13.0. The molecule has 4 rings (SSSR count). The van der Waals surface area contributed by atoms with E-state index in [0.29, 0.717) is 24.0 Å². The fourth-order valence-corrected chi connectivity index (χ4v) is 4.85. The van der Waals surface area contributed by atoms with Crippen molar-refractivity contribution >= 4 is 11.8 Å². The van der Waals surface area contributed by atoms with Crippen molar-refractivity contribution in [3.05, 3.63) is 78.0 Å². The Hall–Kier alpha value is -3.38. The highest BCUT2D eigenvalue weighted by molar-refractivity contribution is 6.02. The van der Waals surface area contributed by atoms with Crippen LogP contribution in [0.2, 0.25) is 0 Å². The van der Waals surface area contributed by atoms with Gasteiger partial charge in [0.2, 0.25) is 0 Å². The number of nitrogens with zero attached hydrogens (tertiary/aromatic N) is 3. The summed E-state index contributed by atoms with van der Waals surface area (Å²) >= 11 is 0. The minimum absolute atomic E-state index is 0.204. The quantitative estimate of drug-likeness (QED) is 0.336. The van der Waals surface area contributed by atoms with Gasteiger partial charge in [0, 0.05) is 37.4 Å². The third-order valence-electron chi connectivity index (χ3n) is 6.57. The Labute approximate surface area is 214 Å². The Morgan fingerprint density at radius 1 is 1.08 bits per heavy atom. The van der Waals surface area contributed by atoms with E-state index < -0.39 is 0 Å². The minimum atomic E-state index is -0.322. The number of carbonyl (C=O) groups excluding carboxylic acids is 1. The standard InChI is InChI=1S/C30H37N3O3/c1-5-32(20-23-12-14-26(15-13-23)35-6-2)25-17-19-33(21-25)29-28(30(34)36-22(3)4)27(16-18-31-29)24-10-8-7-9-11-24/h7-16,18,22,25H,5-6,17,19-21H2,1-4H3/t25-/m1/s1.